The third kappa shape index (κ3) is 4.26. The van der Waals surface area contributed by atoms with Gasteiger partial charge in [-0.1, -0.05) is 66.7 Å². The minimum atomic E-state index is -0.607. The van der Waals surface area contributed by atoms with E-state index in [0.29, 0.717) is 0 Å². The summed E-state index contributed by atoms with van der Waals surface area (Å²) in [4.78, 5) is 10.5. The van der Waals surface area contributed by atoms with E-state index in [9.17, 15) is 10.1 Å². The average Bonchev–Trinajstić information content (AvgIpc) is 2.52. The Morgan fingerprint density at radius 3 is 2.05 bits per heavy atom. The van der Waals surface area contributed by atoms with Crippen LogP contribution >= 0.6 is 0 Å². The Labute approximate surface area is 123 Å². The fraction of sp³-hybridized carbons (Fsp3) is 0.176. The summed E-state index contributed by atoms with van der Waals surface area (Å²) in [7, 11) is 0. The predicted molar refractivity (Wildman–Crippen MR) is 81.5 cm³/mol. The molecule has 4 nitrogen and oxygen atoms in total. The lowest BCUT2D eigenvalue weighted by atomic mass is 10.1. The van der Waals surface area contributed by atoms with Crippen molar-refractivity contribution >= 4 is 0 Å². The Kier molecular flexibility index (Phi) is 5.23. The molecule has 0 radical (unpaired) electrons. The van der Waals surface area contributed by atoms with E-state index < -0.39 is 6.10 Å². The van der Waals surface area contributed by atoms with Gasteiger partial charge < -0.3 is 4.74 Å². The first kappa shape index (κ1) is 14.9. The maximum atomic E-state index is 10.9. The molecule has 0 amide bonds. The first-order chi connectivity index (χ1) is 10.2. The van der Waals surface area contributed by atoms with E-state index in [1.165, 1.54) is 0 Å². The van der Waals surface area contributed by atoms with Crippen molar-refractivity contribution in [3.8, 4) is 0 Å². The highest BCUT2D eigenvalue weighted by Gasteiger charge is 2.22. The van der Waals surface area contributed by atoms with Crippen molar-refractivity contribution in [2.75, 3.05) is 6.54 Å². The molecule has 0 fully saturated rings. The van der Waals surface area contributed by atoms with E-state index in [1.807, 2.05) is 60.7 Å². The lowest BCUT2D eigenvalue weighted by Gasteiger charge is -2.21. The third-order valence-electron chi connectivity index (χ3n) is 3.14. The summed E-state index contributed by atoms with van der Waals surface area (Å²) < 4.78 is 5.92. The van der Waals surface area contributed by atoms with Crippen molar-refractivity contribution in [2.45, 2.75) is 12.2 Å². The summed E-state index contributed by atoms with van der Waals surface area (Å²) in [6, 6.07) is 18.8. The van der Waals surface area contributed by atoms with Crippen LogP contribution in [0.25, 0.3) is 0 Å². The van der Waals surface area contributed by atoms with Gasteiger partial charge in [-0.3, -0.25) is 10.1 Å². The van der Waals surface area contributed by atoms with Crippen LogP contribution in [0.3, 0.4) is 0 Å². The van der Waals surface area contributed by atoms with Gasteiger partial charge in [0.25, 0.3) is 0 Å². The highest BCUT2D eigenvalue weighted by atomic mass is 16.6. The summed E-state index contributed by atoms with van der Waals surface area (Å²) in [5.74, 6) is 0. The number of rotatable bonds is 7. The standard InChI is InChI=1S/C17H17NO3/c1-2-16(14-9-5-3-6-10-14)21-17(13-18(19)20)15-11-7-4-8-12-15/h2-12,16-17H,1,13H2. The van der Waals surface area contributed by atoms with E-state index in [-0.39, 0.29) is 17.6 Å². The molecule has 0 saturated heterocycles. The van der Waals surface area contributed by atoms with E-state index in [2.05, 4.69) is 6.58 Å². The van der Waals surface area contributed by atoms with Crippen LogP contribution in [0.15, 0.2) is 73.3 Å². The van der Waals surface area contributed by atoms with Crippen LogP contribution in [0.1, 0.15) is 23.3 Å². The molecule has 0 aliphatic rings. The maximum Gasteiger partial charge on any atom is 0.233 e. The van der Waals surface area contributed by atoms with E-state index in [0.717, 1.165) is 11.1 Å². The number of hydrogen-bond donors (Lipinski definition) is 0. The molecular weight excluding hydrogens is 266 g/mol. The zero-order valence-electron chi connectivity index (χ0n) is 11.6. The van der Waals surface area contributed by atoms with Gasteiger partial charge in [0, 0.05) is 4.92 Å². The van der Waals surface area contributed by atoms with Crippen LogP contribution < -0.4 is 0 Å². The van der Waals surface area contributed by atoms with Crippen molar-refractivity contribution in [3.63, 3.8) is 0 Å². The zero-order valence-corrected chi connectivity index (χ0v) is 11.6. The SMILES string of the molecule is C=CC(OC(C[N+](=O)[O-])c1ccccc1)c1ccccc1. The number of ether oxygens (including phenoxy) is 1. The van der Waals surface area contributed by atoms with E-state index in [4.69, 9.17) is 4.74 Å². The van der Waals surface area contributed by atoms with Gasteiger partial charge >= 0.3 is 0 Å². The molecule has 2 rings (SSSR count). The van der Waals surface area contributed by atoms with Gasteiger partial charge in [-0.2, -0.15) is 0 Å². The van der Waals surface area contributed by atoms with E-state index in [1.54, 1.807) is 6.08 Å². The first-order valence-corrected chi connectivity index (χ1v) is 6.70. The number of hydrogen-bond acceptors (Lipinski definition) is 3. The van der Waals surface area contributed by atoms with Gasteiger partial charge in [-0.25, -0.2) is 0 Å². The number of nitrogens with zero attached hydrogens (tertiary/aromatic N) is 1. The monoisotopic (exact) mass is 283 g/mol. The minimum Gasteiger partial charge on any atom is -0.355 e. The van der Waals surface area contributed by atoms with E-state index >= 15 is 0 Å². The molecule has 0 saturated carbocycles. The molecular formula is C17H17NO3. The second-order valence-corrected chi connectivity index (χ2v) is 4.62. The molecule has 2 aromatic carbocycles. The molecule has 0 heterocycles. The van der Waals surface area contributed by atoms with Gasteiger partial charge in [0.1, 0.15) is 12.2 Å². The molecule has 0 aliphatic carbocycles. The molecule has 0 aromatic heterocycles. The van der Waals surface area contributed by atoms with Crippen molar-refractivity contribution in [2.24, 2.45) is 0 Å². The molecule has 2 atom stereocenters. The van der Waals surface area contributed by atoms with Gasteiger partial charge in [0.15, 0.2) is 0 Å². The molecule has 0 bridgehead atoms. The zero-order chi connectivity index (χ0) is 15.1. The Morgan fingerprint density at radius 1 is 1.05 bits per heavy atom. The highest BCUT2D eigenvalue weighted by Crippen LogP contribution is 2.27. The minimum absolute atomic E-state index is 0.277. The molecule has 4 heteroatoms. The van der Waals surface area contributed by atoms with Gasteiger partial charge in [0.2, 0.25) is 6.54 Å². The first-order valence-electron chi connectivity index (χ1n) is 6.70. The van der Waals surface area contributed by atoms with Crippen LogP contribution in [0.2, 0.25) is 0 Å². The van der Waals surface area contributed by atoms with Crippen molar-refractivity contribution in [1.82, 2.24) is 0 Å². The van der Waals surface area contributed by atoms with Crippen molar-refractivity contribution in [3.05, 3.63) is 94.6 Å². The third-order valence-corrected chi connectivity index (χ3v) is 3.14. The van der Waals surface area contributed by atoms with Crippen molar-refractivity contribution in [1.29, 1.82) is 0 Å². The molecule has 2 unspecified atom stereocenters. The Bertz CT molecular complexity index is 583. The fourth-order valence-electron chi connectivity index (χ4n) is 2.12. The average molecular weight is 283 g/mol. The molecule has 108 valence electrons. The second-order valence-electron chi connectivity index (χ2n) is 4.62. The summed E-state index contributed by atoms with van der Waals surface area (Å²) in [6.45, 7) is 3.49. The quantitative estimate of drug-likeness (QED) is 0.439. The van der Waals surface area contributed by atoms with Crippen LogP contribution in [0.4, 0.5) is 0 Å². The Morgan fingerprint density at radius 2 is 1.57 bits per heavy atom. The molecule has 0 spiro atoms. The smallest absolute Gasteiger partial charge is 0.233 e. The lowest BCUT2D eigenvalue weighted by molar-refractivity contribution is -0.493. The van der Waals surface area contributed by atoms with Gasteiger partial charge in [0.05, 0.1) is 0 Å². The predicted octanol–water partition coefficient (Wildman–Crippen LogP) is 3.95. The number of nitro groups is 1. The summed E-state index contributed by atoms with van der Waals surface area (Å²) in [6.07, 6.45) is 0.673. The topological polar surface area (TPSA) is 52.4 Å². The normalized spacial score (nSPS) is 13.3. The number of benzene rings is 2. The second kappa shape index (κ2) is 7.36. The Hall–Kier alpha value is -2.46. The highest BCUT2D eigenvalue weighted by molar-refractivity contribution is 5.22. The summed E-state index contributed by atoms with van der Waals surface area (Å²) >= 11 is 0. The molecule has 0 N–H and O–H groups in total. The largest absolute Gasteiger partial charge is 0.355 e. The van der Waals surface area contributed by atoms with Gasteiger partial charge in [-0.15, -0.1) is 6.58 Å². The summed E-state index contributed by atoms with van der Waals surface area (Å²) in [5, 5.41) is 10.9. The molecule has 0 aliphatic heterocycles. The van der Waals surface area contributed by atoms with Crippen LogP contribution in [-0.2, 0) is 4.74 Å². The fourth-order valence-corrected chi connectivity index (χ4v) is 2.12. The van der Waals surface area contributed by atoms with Crippen LogP contribution in [0, 0.1) is 10.1 Å². The summed E-state index contributed by atoms with van der Waals surface area (Å²) in [5.41, 5.74) is 1.72. The maximum absolute atomic E-state index is 10.9. The van der Waals surface area contributed by atoms with Crippen LogP contribution in [0.5, 0.6) is 0 Å². The Balaban J connectivity index is 2.21. The van der Waals surface area contributed by atoms with Gasteiger partial charge in [-0.05, 0) is 11.1 Å². The molecule has 21 heavy (non-hydrogen) atoms. The molecule has 2 aromatic rings. The van der Waals surface area contributed by atoms with Crippen LogP contribution in [-0.4, -0.2) is 11.5 Å². The van der Waals surface area contributed by atoms with Crippen molar-refractivity contribution < 1.29 is 9.66 Å². The lowest BCUT2D eigenvalue weighted by Crippen LogP contribution is -2.17.